The number of hydrogen-bond donors (Lipinski definition) is 1. The molecule has 23 heavy (non-hydrogen) atoms. The van der Waals surface area contributed by atoms with Crippen LogP contribution in [0.3, 0.4) is 0 Å². The first kappa shape index (κ1) is 20.5. The van der Waals surface area contributed by atoms with Crippen molar-refractivity contribution in [1.82, 2.24) is 0 Å². The first-order chi connectivity index (χ1) is 11.0. The molecule has 2 aromatic rings. The topological polar surface area (TPSA) is 35.8 Å². The van der Waals surface area contributed by atoms with Crippen molar-refractivity contribution in [2.24, 2.45) is 4.99 Å². The Balaban J connectivity index is 0.000000816. The summed E-state index contributed by atoms with van der Waals surface area (Å²) in [6, 6.07) is 14.0. The number of aromatic hydroxyl groups is 1. The average Bonchev–Trinajstić information content (AvgIpc) is 2.52. The van der Waals surface area contributed by atoms with Crippen LogP contribution in [0.15, 0.2) is 47.5 Å². The van der Waals surface area contributed by atoms with Gasteiger partial charge in [-0.05, 0) is 16.9 Å². The third-order valence-corrected chi connectivity index (χ3v) is 4.39. The number of phenolic OH excluding ortho intramolecular Hbond substituents is 1. The van der Waals surface area contributed by atoms with Gasteiger partial charge >= 0.3 is 35.6 Å². The van der Waals surface area contributed by atoms with Crippen LogP contribution < -0.4 is 15.5 Å². The van der Waals surface area contributed by atoms with E-state index in [0.29, 0.717) is 14.3 Å². The SMILES string of the molecule is CN=Cc1ccccc1Pc1cccc(N(C)C)c1O.[Cl][Ti][Cl]. The predicted octanol–water partition coefficient (Wildman–Crippen LogP) is 3.51. The van der Waals surface area contributed by atoms with E-state index < -0.39 is 17.0 Å². The van der Waals surface area contributed by atoms with Gasteiger partial charge in [-0.25, -0.2) is 0 Å². The Kier molecular flexibility index (Phi) is 9.86. The van der Waals surface area contributed by atoms with Crippen molar-refractivity contribution in [2.75, 3.05) is 26.0 Å². The first-order valence-corrected chi connectivity index (χ1v) is 12.1. The molecule has 0 radical (unpaired) electrons. The standard InChI is InChI=1S/C16H19N2OP.2ClH.Ti/c1-17-11-12-7-4-5-9-14(12)20-15-10-6-8-13(16(15)19)18(2)3;;;/h4-11,19-20H,1-3H3;2*1H;/q;;;+2/p-2. The zero-order chi connectivity index (χ0) is 17.2. The minimum absolute atomic E-state index is 0.360. The molecular weight excluding hydrogens is 386 g/mol. The monoisotopic (exact) mass is 404 g/mol. The average molecular weight is 405 g/mol. The van der Waals surface area contributed by atoms with Crippen molar-refractivity contribution in [2.45, 2.75) is 0 Å². The van der Waals surface area contributed by atoms with Gasteiger partial charge in [0.05, 0.1) is 5.69 Å². The number of benzene rings is 2. The molecule has 0 aromatic heterocycles. The van der Waals surface area contributed by atoms with Crippen molar-refractivity contribution < 1.29 is 22.1 Å². The summed E-state index contributed by atoms with van der Waals surface area (Å²) in [5.74, 6) is 0.360. The van der Waals surface area contributed by atoms with E-state index in [-0.39, 0.29) is 0 Å². The Morgan fingerprint density at radius 2 is 1.70 bits per heavy atom. The van der Waals surface area contributed by atoms with E-state index in [2.05, 4.69) is 11.1 Å². The Morgan fingerprint density at radius 1 is 1.09 bits per heavy atom. The molecule has 0 aliphatic carbocycles. The van der Waals surface area contributed by atoms with Crippen molar-refractivity contribution in [3.05, 3.63) is 48.0 Å². The van der Waals surface area contributed by atoms with E-state index in [1.165, 1.54) is 5.30 Å². The van der Waals surface area contributed by atoms with Crippen LogP contribution >= 0.6 is 27.2 Å². The molecule has 1 N–H and O–H groups in total. The molecule has 2 aromatic carbocycles. The summed E-state index contributed by atoms with van der Waals surface area (Å²) in [7, 11) is 15.8. The van der Waals surface area contributed by atoms with Crippen LogP contribution in [0.25, 0.3) is 0 Å². The van der Waals surface area contributed by atoms with Crippen LogP contribution in [0.5, 0.6) is 5.75 Å². The van der Waals surface area contributed by atoms with E-state index in [4.69, 9.17) is 18.6 Å². The second kappa shape index (κ2) is 11.1. The van der Waals surface area contributed by atoms with Crippen LogP contribution in [0, 0.1) is 0 Å². The van der Waals surface area contributed by atoms with Crippen LogP contribution in [0.4, 0.5) is 5.69 Å². The van der Waals surface area contributed by atoms with Gasteiger partial charge in [-0.15, -0.1) is 0 Å². The molecule has 0 aliphatic rings. The number of para-hydroxylation sites is 1. The molecule has 0 aliphatic heterocycles. The molecule has 0 fully saturated rings. The normalized spacial score (nSPS) is 10.7. The molecular formula is C16H19Cl2N2OPTi. The van der Waals surface area contributed by atoms with Crippen LogP contribution in [-0.2, 0) is 17.0 Å². The van der Waals surface area contributed by atoms with Gasteiger partial charge in [0, 0.05) is 32.7 Å². The van der Waals surface area contributed by atoms with Crippen molar-refractivity contribution in [3.8, 4) is 5.75 Å². The predicted molar refractivity (Wildman–Crippen MR) is 102 cm³/mol. The molecule has 0 amide bonds. The molecule has 7 heteroatoms. The molecule has 1 atom stereocenters. The van der Waals surface area contributed by atoms with E-state index in [1.54, 1.807) is 7.05 Å². The summed E-state index contributed by atoms with van der Waals surface area (Å²) < 4.78 is 0. The third-order valence-electron chi connectivity index (χ3n) is 2.99. The van der Waals surface area contributed by atoms with Crippen molar-refractivity contribution in [1.29, 1.82) is 0 Å². The molecule has 1 unspecified atom stereocenters. The van der Waals surface area contributed by atoms with Gasteiger partial charge in [-0.1, -0.05) is 45.0 Å². The minimum atomic E-state index is -0.556. The van der Waals surface area contributed by atoms with Gasteiger partial charge in [0.25, 0.3) is 0 Å². The number of halogens is 2. The van der Waals surface area contributed by atoms with Gasteiger partial charge in [-0.2, -0.15) is 0 Å². The maximum absolute atomic E-state index is 10.4. The fourth-order valence-electron chi connectivity index (χ4n) is 2.00. The van der Waals surface area contributed by atoms with Crippen molar-refractivity contribution in [3.63, 3.8) is 0 Å². The first-order valence-electron chi connectivity index (χ1n) is 6.79. The quantitative estimate of drug-likeness (QED) is 0.480. The number of nitrogens with zero attached hydrogens (tertiary/aromatic N) is 2. The molecule has 2 rings (SSSR count). The van der Waals surface area contributed by atoms with E-state index in [9.17, 15) is 5.11 Å². The van der Waals surface area contributed by atoms with E-state index in [0.717, 1.165) is 16.6 Å². The number of aliphatic imine (C=N–C) groups is 1. The summed E-state index contributed by atoms with van der Waals surface area (Å²) in [4.78, 5) is 6.00. The molecule has 0 saturated carbocycles. The van der Waals surface area contributed by atoms with Gasteiger partial charge in [-0.3, -0.25) is 4.99 Å². The molecule has 0 spiro atoms. The van der Waals surface area contributed by atoms with Crippen LogP contribution in [-0.4, -0.2) is 32.5 Å². The summed E-state index contributed by atoms with van der Waals surface area (Å²) in [5, 5.41) is 12.5. The Labute approximate surface area is 156 Å². The van der Waals surface area contributed by atoms with Gasteiger partial charge in [0.15, 0.2) is 0 Å². The number of hydrogen-bond acceptors (Lipinski definition) is 3. The van der Waals surface area contributed by atoms with Gasteiger partial charge in [0.1, 0.15) is 5.75 Å². The fraction of sp³-hybridized carbons (Fsp3) is 0.188. The van der Waals surface area contributed by atoms with Gasteiger partial charge < -0.3 is 10.0 Å². The summed E-state index contributed by atoms with van der Waals surface area (Å²) in [6.45, 7) is 0. The van der Waals surface area contributed by atoms with Crippen LogP contribution in [0.1, 0.15) is 5.56 Å². The summed E-state index contributed by atoms with van der Waals surface area (Å²) >= 11 is -0.556. The van der Waals surface area contributed by atoms with Gasteiger partial charge in [0.2, 0.25) is 0 Å². The Bertz CT molecular complexity index is 654. The zero-order valence-corrected chi connectivity index (χ0v) is 17.3. The third kappa shape index (κ3) is 6.45. The molecule has 0 saturated heterocycles. The zero-order valence-electron chi connectivity index (χ0n) is 13.2. The second-order valence-electron chi connectivity index (χ2n) is 4.74. The summed E-state index contributed by atoms with van der Waals surface area (Å²) in [5.41, 5.74) is 1.94. The molecule has 0 bridgehead atoms. The number of anilines is 1. The Morgan fingerprint density at radius 3 is 2.30 bits per heavy atom. The van der Waals surface area contributed by atoms with Crippen molar-refractivity contribution >= 4 is 49.7 Å². The number of phenols is 1. The second-order valence-corrected chi connectivity index (χ2v) is 8.65. The number of rotatable bonds is 4. The fourth-order valence-corrected chi connectivity index (χ4v) is 3.19. The Hall–Kier alpha value is -0.566. The molecule has 122 valence electrons. The maximum atomic E-state index is 10.4. The summed E-state index contributed by atoms with van der Waals surface area (Å²) in [6.07, 6.45) is 1.86. The molecule has 0 heterocycles. The molecule has 3 nitrogen and oxygen atoms in total. The van der Waals surface area contributed by atoms with E-state index in [1.807, 2.05) is 61.6 Å². The van der Waals surface area contributed by atoms with E-state index >= 15 is 0 Å². The van der Waals surface area contributed by atoms with Crippen LogP contribution in [0.2, 0.25) is 0 Å².